The van der Waals surface area contributed by atoms with Gasteiger partial charge in [0.15, 0.2) is 12.0 Å². The van der Waals surface area contributed by atoms with Crippen molar-refractivity contribution in [3.8, 4) is 0 Å². The van der Waals surface area contributed by atoms with Gasteiger partial charge in [-0.15, -0.1) is 6.58 Å². The molecule has 2 aromatic heterocycles. The average molecular weight is 389 g/mol. The smallest absolute Gasteiger partial charge is 0.251 e. The predicted molar refractivity (Wildman–Crippen MR) is 99.2 cm³/mol. The fraction of sp³-hybridized carbons (Fsp3) is 0.500. The minimum Gasteiger partial charge on any atom is -0.383 e. The molecule has 10 nitrogen and oxygen atoms in total. The first kappa shape index (κ1) is 18.8. The van der Waals surface area contributed by atoms with Gasteiger partial charge in [-0.3, -0.25) is 4.79 Å². The molecule has 2 aliphatic rings. The summed E-state index contributed by atoms with van der Waals surface area (Å²) in [5, 5.41) is 0.389. The number of carbonyl (C=O) groups is 1. The number of primary amides is 1. The first-order valence-electron chi connectivity index (χ1n) is 8.93. The topological polar surface area (TPSA) is 137 Å². The number of nitrogens with two attached hydrogens (primary N) is 2. The molecule has 2 saturated heterocycles. The van der Waals surface area contributed by atoms with E-state index in [-0.39, 0.29) is 23.6 Å². The Kier molecular flexibility index (Phi) is 4.58. The van der Waals surface area contributed by atoms with Crippen LogP contribution in [0.3, 0.4) is 0 Å². The number of rotatable bonds is 6. The number of anilines is 1. The van der Waals surface area contributed by atoms with Gasteiger partial charge in [-0.1, -0.05) is 6.08 Å². The Hall–Kier alpha value is -2.53. The molecule has 0 radical (unpaired) electrons. The molecule has 0 spiro atoms. The van der Waals surface area contributed by atoms with Crippen molar-refractivity contribution in [2.45, 2.75) is 44.2 Å². The highest BCUT2D eigenvalue weighted by Gasteiger charge is 2.56. The van der Waals surface area contributed by atoms with Gasteiger partial charge in [0.05, 0.1) is 24.2 Å². The Morgan fingerprint density at radius 3 is 2.86 bits per heavy atom. The van der Waals surface area contributed by atoms with Crippen LogP contribution in [0.4, 0.5) is 5.82 Å². The van der Waals surface area contributed by atoms with Crippen LogP contribution in [-0.2, 0) is 18.9 Å². The Labute approximate surface area is 161 Å². The molecule has 1 amide bonds. The van der Waals surface area contributed by atoms with Crippen molar-refractivity contribution in [3.63, 3.8) is 0 Å². The number of hydrogen-bond donors (Lipinski definition) is 2. The van der Waals surface area contributed by atoms with Crippen LogP contribution in [0.5, 0.6) is 0 Å². The molecular weight excluding hydrogens is 366 g/mol. The van der Waals surface area contributed by atoms with Crippen LogP contribution < -0.4 is 11.5 Å². The van der Waals surface area contributed by atoms with Gasteiger partial charge in [0, 0.05) is 6.20 Å². The van der Waals surface area contributed by atoms with Crippen molar-refractivity contribution in [2.75, 3.05) is 18.9 Å². The zero-order valence-electron chi connectivity index (χ0n) is 15.7. The third kappa shape index (κ3) is 3.04. The van der Waals surface area contributed by atoms with Gasteiger partial charge in [0.25, 0.3) is 5.91 Å². The Bertz CT molecular complexity index is 926. The molecule has 0 bridgehead atoms. The van der Waals surface area contributed by atoms with Crippen LogP contribution in [0.25, 0.3) is 11.0 Å². The number of nitrogen functional groups attached to an aromatic ring is 1. The molecule has 4 heterocycles. The van der Waals surface area contributed by atoms with E-state index in [1.54, 1.807) is 16.8 Å². The lowest BCUT2D eigenvalue weighted by molar-refractivity contribution is -0.201. The minimum absolute atomic E-state index is 0.168. The highest BCUT2D eigenvalue weighted by molar-refractivity contribution is 6.08. The summed E-state index contributed by atoms with van der Waals surface area (Å²) in [6, 6.07) is 0. The standard InChI is InChI=1S/C18H23N5O5/c1-4-5-25-7-10-12-13(28-18(2,3)27-12)17(26-10)23-6-9(15(20)24)11-14(19)21-8-22-16(11)23/h4,6,8,10,12-13,17H,1,5,7H2,2-3H3,(H2,20,24)(H2,19,21,22)/t10-,12-,13-,17-/m1/s1. The van der Waals surface area contributed by atoms with Gasteiger partial charge in [-0.25, -0.2) is 9.97 Å². The third-order valence-corrected chi connectivity index (χ3v) is 4.82. The number of fused-ring (bicyclic) bond motifs is 2. The monoisotopic (exact) mass is 389 g/mol. The van der Waals surface area contributed by atoms with Gasteiger partial charge in [0.1, 0.15) is 36.1 Å². The fourth-order valence-electron chi connectivity index (χ4n) is 3.77. The second-order valence-electron chi connectivity index (χ2n) is 7.23. The summed E-state index contributed by atoms with van der Waals surface area (Å²) in [7, 11) is 0. The van der Waals surface area contributed by atoms with Gasteiger partial charge in [-0.2, -0.15) is 0 Å². The predicted octanol–water partition coefficient (Wildman–Crippen LogP) is 0.733. The normalized spacial score (nSPS) is 28.5. The van der Waals surface area contributed by atoms with Gasteiger partial charge in [0.2, 0.25) is 0 Å². The van der Waals surface area contributed by atoms with Crippen LogP contribution in [-0.4, -0.2) is 57.8 Å². The third-order valence-electron chi connectivity index (χ3n) is 4.82. The summed E-state index contributed by atoms with van der Waals surface area (Å²) in [4.78, 5) is 20.2. The van der Waals surface area contributed by atoms with Crippen molar-refractivity contribution in [1.82, 2.24) is 14.5 Å². The maximum atomic E-state index is 11.9. The van der Waals surface area contributed by atoms with E-state index < -0.39 is 24.0 Å². The first-order chi connectivity index (χ1) is 13.3. The van der Waals surface area contributed by atoms with Crippen LogP contribution in [0, 0.1) is 0 Å². The Balaban J connectivity index is 1.75. The molecule has 0 aromatic carbocycles. The van der Waals surface area contributed by atoms with Crippen molar-refractivity contribution in [1.29, 1.82) is 0 Å². The van der Waals surface area contributed by atoms with Crippen molar-refractivity contribution >= 4 is 22.8 Å². The molecule has 28 heavy (non-hydrogen) atoms. The quantitative estimate of drug-likeness (QED) is 0.545. The molecule has 150 valence electrons. The Morgan fingerprint density at radius 1 is 1.39 bits per heavy atom. The second kappa shape index (κ2) is 6.82. The number of carbonyl (C=O) groups excluding carboxylic acids is 1. The highest BCUT2D eigenvalue weighted by atomic mass is 16.8. The van der Waals surface area contributed by atoms with Crippen LogP contribution >= 0.6 is 0 Å². The molecule has 4 N–H and O–H groups in total. The molecule has 2 fully saturated rings. The lowest BCUT2D eigenvalue weighted by atomic mass is 10.1. The van der Waals surface area contributed by atoms with Gasteiger partial charge >= 0.3 is 0 Å². The van der Waals surface area contributed by atoms with Crippen molar-refractivity contribution < 1.29 is 23.7 Å². The molecule has 10 heteroatoms. The van der Waals surface area contributed by atoms with Gasteiger partial charge in [-0.05, 0) is 13.8 Å². The van der Waals surface area contributed by atoms with E-state index in [0.717, 1.165) is 0 Å². The molecule has 0 unspecified atom stereocenters. The summed E-state index contributed by atoms with van der Waals surface area (Å²) < 4.78 is 25.6. The lowest BCUT2D eigenvalue weighted by Gasteiger charge is -2.25. The summed E-state index contributed by atoms with van der Waals surface area (Å²) in [5.74, 6) is -1.24. The van der Waals surface area contributed by atoms with Crippen LogP contribution in [0.15, 0.2) is 25.2 Å². The maximum Gasteiger partial charge on any atom is 0.251 e. The summed E-state index contributed by atoms with van der Waals surface area (Å²) in [6.45, 7) is 8.03. The zero-order valence-corrected chi connectivity index (χ0v) is 15.7. The van der Waals surface area contributed by atoms with Crippen molar-refractivity contribution in [3.05, 3.63) is 30.7 Å². The fourth-order valence-corrected chi connectivity index (χ4v) is 3.77. The molecule has 2 aromatic rings. The molecule has 0 saturated carbocycles. The number of hydrogen-bond acceptors (Lipinski definition) is 8. The number of nitrogens with zero attached hydrogens (tertiary/aromatic N) is 3. The van der Waals surface area contributed by atoms with Crippen LogP contribution in [0.2, 0.25) is 0 Å². The lowest BCUT2D eigenvalue weighted by Crippen LogP contribution is -2.33. The summed E-state index contributed by atoms with van der Waals surface area (Å²) in [5.41, 5.74) is 12.2. The SMILES string of the molecule is C=CCOC[C@H]1O[C@@H](n2cc(C(N)=O)c3c(N)ncnc32)[C@@H]2OC(C)(C)O[C@@H]21. The summed E-state index contributed by atoms with van der Waals surface area (Å²) in [6.07, 6.45) is 2.81. The van der Waals surface area contributed by atoms with E-state index in [4.69, 9.17) is 30.4 Å². The maximum absolute atomic E-state index is 11.9. The number of ether oxygens (including phenoxy) is 4. The van der Waals surface area contributed by atoms with E-state index in [1.807, 2.05) is 13.8 Å². The molecule has 4 atom stereocenters. The highest BCUT2D eigenvalue weighted by Crippen LogP contribution is 2.44. The van der Waals surface area contributed by atoms with E-state index in [0.29, 0.717) is 24.2 Å². The molecule has 4 rings (SSSR count). The number of aromatic nitrogens is 3. The number of amides is 1. The first-order valence-corrected chi connectivity index (χ1v) is 8.93. The average Bonchev–Trinajstić information content (AvgIpc) is 3.25. The van der Waals surface area contributed by atoms with E-state index in [1.165, 1.54) is 6.33 Å². The summed E-state index contributed by atoms with van der Waals surface area (Å²) >= 11 is 0. The van der Waals surface area contributed by atoms with E-state index in [9.17, 15) is 4.79 Å². The van der Waals surface area contributed by atoms with E-state index >= 15 is 0 Å². The molecular formula is C18H23N5O5. The van der Waals surface area contributed by atoms with Crippen LogP contribution in [0.1, 0.15) is 30.4 Å². The Morgan fingerprint density at radius 2 is 2.14 bits per heavy atom. The minimum atomic E-state index is -0.780. The zero-order chi connectivity index (χ0) is 20.1. The van der Waals surface area contributed by atoms with E-state index in [2.05, 4.69) is 16.5 Å². The van der Waals surface area contributed by atoms with Crippen molar-refractivity contribution in [2.24, 2.45) is 5.73 Å². The molecule has 2 aliphatic heterocycles. The largest absolute Gasteiger partial charge is 0.383 e. The van der Waals surface area contributed by atoms with Gasteiger partial charge < -0.3 is 35.0 Å². The second-order valence-corrected chi connectivity index (χ2v) is 7.23. The molecule has 0 aliphatic carbocycles.